The minimum atomic E-state index is -5.03. The van der Waals surface area contributed by atoms with Gasteiger partial charge in [0.15, 0.2) is 0 Å². The molecule has 8 nitrogen and oxygen atoms in total. The van der Waals surface area contributed by atoms with Crippen molar-refractivity contribution in [2.45, 2.75) is 43.9 Å². The summed E-state index contributed by atoms with van der Waals surface area (Å²) < 4.78 is 132. The molecule has 248 valence electrons. The number of aliphatic carboxylic acids is 1. The third-order valence-corrected chi connectivity index (χ3v) is 7.36. The molecule has 0 radical (unpaired) electrons. The molecular formula is C29H24F9N3O5. The number of halogens is 9. The summed E-state index contributed by atoms with van der Waals surface area (Å²) in [5.41, 5.74) is -6.41. The lowest BCUT2D eigenvalue weighted by atomic mass is 9.96. The molecule has 2 heterocycles. The maximum Gasteiger partial charge on any atom is 0.417 e. The Hall–Kier alpha value is -4.38. The molecule has 0 bridgehead atoms. The second-order valence-corrected chi connectivity index (χ2v) is 10.4. The molecule has 2 aromatic carbocycles. The maximum atomic E-state index is 15.2. The number of carboxylic acids is 1. The van der Waals surface area contributed by atoms with Crippen LogP contribution in [0.1, 0.15) is 38.8 Å². The number of nitrogens with one attached hydrogen (secondary N) is 2. The molecule has 0 saturated carbocycles. The van der Waals surface area contributed by atoms with Crippen molar-refractivity contribution in [3.8, 4) is 11.1 Å². The second kappa shape index (κ2) is 12.8. The van der Waals surface area contributed by atoms with Gasteiger partial charge in [0, 0.05) is 31.3 Å². The topological polar surface area (TPSA) is 110 Å². The standard InChI is InChI=1S/C29H24F9N3O5/c1-12-7-16(28(33,34)35)21(26(43)41(12)2)15-4-3-13(8-17(15)30)9-20(27(44)45)40-25(42)22-18(31)10-14(11-19(22)32)23-24(29(36,37)38)39-5-6-46-23/h3-4,7-8,10-11,20,23-24,39H,5-6,9H2,1-2H3,(H,40,42)(H,44,45). The SMILES string of the molecule is Cc1cc(C(F)(F)F)c(-c2ccc(CC(NC(=O)c3c(F)cc(C4OCCNC4C(F)(F)F)cc3F)C(=O)O)cc2F)c(=O)n1C. The van der Waals surface area contributed by atoms with E-state index in [1.54, 1.807) is 0 Å². The fourth-order valence-corrected chi connectivity index (χ4v) is 5.01. The highest BCUT2D eigenvalue weighted by atomic mass is 19.4. The van der Waals surface area contributed by atoms with Crippen LogP contribution in [0.3, 0.4) is 0 Å². The van der Waals surface area contributed by atoms with Gasteiger partial charge in [0.1, 0.15) is 41.2 Å². The number of morpholine rings is 1. The van der Waals surface area contributed by atoms with Crippen LogP contribution < -0.4 is 16.2 Å². The lowest BCUT2D eigenvalue weighted by Crippen LogP contribution is -2.52. The first-order chi connectivity index (χ1) is 21.3. The van der Waals surface area contributed by atoms with Gasteiger partial charge in [0.2, 0.25) is 0 Å². The number of rotatable bonds is 7. The highest BCUT2D eigenvalue weighted by molar-refractivity contribution is 5.97. The molecule has 1 saturated heterocycles. The number of pyridine rings is 1. The maximum absolute atomic E-state index is 15.2. The van der Waals surface area contributed by atoms with E-state index in [1.807, 2.05) is 5.32 Å². The minimum absolute atomic E-state index is 0.0505. The molecular weight excluding hydrogens is 641 g/mol. The molecule has 1 aliphatic rings. The first kappa shape index (κ1) is 34.5. The van der Waals surface area contributed by atoms with Gasteiger partial charge in [0.05, 0.1) is 17.7 Å². The molecule has 0 spiro atoms. The Morgan fingerprint density at radius 3 is 2.22 bits per heavy atom. The van der Waals surface area contributed by atoms with Crippen LogP contribution in [-0.4, -0.2) is 53.0 Å². The molecule has 1 fully saturated rings. The third-order valence-electron chi connectivity index (χ3n) is 7.36. The number of carboxylic acid groups (broad SMARTS) is 1. The van der Waals surface area contributed by atoms with Gasteiger partial charge in [-0.1, -0.05) is 12.1 Å². The van der Waals surface area contributed by atoms with E-state index < -0.39 is 99.7 Å². The molecule has 3 N–H and O–H groups in total. The molecule has 1 amide bonds. The average Bonchev–Trinajstić information content (AvgIpc) is 2.94. The summed E-state index contributed by atoms with van der Waals surface area (Å²) in [4.78, 5) is 37.3. The van der Waals surface area contributed by atoms with Crippen LogP contribution in [0.15, 0.2) is 41.2 Å². The second-order valence-electron chi connectivity index (χ2n) is 10.4. The highest BCUT2D eigenvalue weighted by Crippen LogP contribution is 2.37. The van der Waals surface area contributed by atoms with Crippen molar-refractivity contribution in [2.75, 3.05) is 13.2 Å². The number of carbonyl (C=O) groups is 2. The van der Waals surface area contributed by atoms with Crippen LogP contribution >= 0.6 is 0 Å². The van der Waals surface area contributed by atoms with E-state index in [2.05, 4.69) is 5.32 Å². The van der Waals surface area contributed by atoms with Crippen LogP contribution in [0.2, 0.25) is 0 Å². The van der Waals surface area contributed by atoms with Gasteiger partial charge in [0.25, 0.3) is 11.5 Å². The van der Waals surface area contributed by atoms with Crippen LogP contribution in [0.4, 0.5) is 39.5 Å². The van der Waals surface area contributed by atoms with E-state index in [0.29, 0.717) is 24.3 Å². The molecule has 3 aromatic rings. The summed E-state index contributed by atoms with van der Waals surface area (Å²) in [6.45, 7) is 0.849. The van der Waals surface area contributed by atoms with Gasteiger partial charge < -0.3 is 25.0 Å². The number of ether oxygens (including phenoxy) is 1. The lowest BCUT2D eigenvalue weighted by molar-refractivity contribution is -0.197. The van der Waals surface area contributed by atoms with Crippen molar-refractivity contribution >= 4 is 11.9 Å². The number of carbonyl (C=O) groups excluding carboxylic acids is 1. The molecule has 46 heavy (non-hydrogen) atoms. The summed E-state index contributed by atoms with van der Waals surface area (Å²) in [7, 11) is 1.19. The Balaban J connectivity index is 1.60. The van der Waals surface area contributed by atoms with Crippen molar-refractivity contribution in [1.29, 1.82) is 0 Å². The zero-order valence-electron chi connectivity index (χ0n) is 23.7. The molecule has 1 aliphatic heterocycles. The van der Waals surface area contributed by atoms with E-state index in [0.717, 1.165) is 16.7 Å². The van der Waals surface area contributed by atoms with E-state index in [-0.39, 0.29) is 24.4 Å². The predicted octanol–water partition coefficient (Wildman–Crippen LogP) is 4.81. The average molecular weight is 666 g/mol. The quantitative estimate of drug-likeness (QED) is 0.313. The molecule has 3 unspecified atom stereocenters. The van der Waals surface area contributed by atoms with Gasteiger partial charge >= 0.3 is 18.3 Å². The number of hydrogen-bond acceptors (Lipinski definition) is 5. The molecule has 3 atom stereocenters. The van der Waals surface area contributed by atoms with E-state index in [1.165, 1.54) is 14.0 Å². The Labute approximate surface area is 253 Å². The predicted molar refractivity (Wildman–Crippen MR) is 142 cm³/mol. The van der Waals surface area contributed by atoms with E-state index in [4.69, 9.17) is 4.74 Å². The van der Waals surface area contributed by atoms with Gasteiger partial charge in [-0.25, -0.2) is 18.0 Å². The van der Waals surface area contributed by atoms with Crippen LogP contribution in [0.5, 0.6) is 0 Å². The van der Waals surface area contributed by atoms with Gasteiger partial charge in [-0.2, -0.15) is 26.3 Å². The van der Waals surface area contributed by atoms with Crippen LogP contribution in [-0.2, 0) is 29.2 Å². The Bertz CT molecular complexity index is 1710. The number of nitrogens with zero attached hydrogens (tertiary/aromatic N) is 1. The monoisotopic (exact) mass is 665 g/mol. The summed E-state index contributed by atoms with van der Waals surface area (Å²) in [5.74, 6) is -7.94. The Morgan fingerprint density at radius 1 is 1.04 bits per heavy atom. The first-order valence-electron chi connectivity index (χ1n) is 13.3. The normalized spacial score (nSPS) is 17.9. The minimum Gasteiger partial charge on any atom is -0.480 e. The summed E-state index contributed by atoms with van der Waals surface area (Å²) in [6.07, 6.45) is -12.5. The fourth-order valence-electron chi connectivity index (χ4n) is 5.01. The zero-order valence-corrected chi connectivity index (χ0v) is 23.7. The summed E-state index contributed by atoms with van der Waals surface area (Å²) >= 11 is 0. The van der Waals surface area contributed by atoms with Crippen molar-refractivity contribution in [1.82, 2.24) is 15.2 Å². The van der Waals surface area contributed by atoms with Crippen LogP contribution in [0, 0.1) is 24.4 Å². The van der Waals surface area contributed by atoms with Crippen molar-refractivity contribution < 1.29 is 58.9 Å². The van der Waals surface area contributed by atoms with Gasteiger partial charge in [-0.3, -0.25) is 9.59 Å². The van der Waals surface area contributed by atoms with E-state index in [9.17, 15) is 54.6 Å². The third kappa shape index (κ3) is 7.04. The van der Waals surface area contributed by atoms with Gasteiger partial charge in [-0.05, 0) is 42.3 Å². The smallest absolute Gasteiger partial charge is 0.417 e. The number of alkyl halides is 6. The number of aromatic nitrogens is 1. The Morgan fingerprint density at radius 2 is 1.67 bits per heavy atom. The first-order valence-corrected chi connectivity index (χ1v) is 13.3. The molecule has 0 aliphatic carbocycles. The zero-order chi connectivity index (χ0) is 34.3. The summed E-state index contributed by atoms with van der Waals surface area (Å²) in [5, 5.41) is 13.6. The van der Waals surface area contributed by atoms with Gasteiger partial charge in [-0.15, -0.1) is 0 Å². The van der Waals surface area contributed by atoms with Crippen molar-refractivity contribution in [2.24, 2.45) is 7.05 Å². The number of benzene rings is 2. The number of hydrogen-bond donors (Lipinski definition) is 3. The van der Waals surface area contributed by atoms with Crippen LogP contribution in [0.25, 0.3) is 11.1 Å². The molecule has 1 aromatic heterocycles. The van der Waals surface area contributed by atoms with Crippen molar-refractivity contribution in [3.63, 3.8) is 0 Å². The molecule has 4 rings (SSSR count). The largest absolute Gasteiger partial charge is 0.480 e. The van der Waals surface area contributed by atoms with E-state index >= 15 is 4.39 Å². The molecule has 17 heteroatoms. The fraction of sp³-hybridized carbons (Fsp3) is 0.345. The number of amides is 1. The summed E-state index contributed by atoms with van der Waals surface area (Å²) in [6, 6.07) is -0.245. The lowest BCUT2D eigenvalue weighted by Gasteiger charge is -2.34. The number of aryl methyl sites for hydroxylation is 1. The van der Waals surface area contributed by atoms with Crippen molar-refractivity contribution in [3.05, 3.63) is 92.2 Å². The highest BCUT2D eigenvalue weighted by Gasteiger charge is 2.47. The Kier molecular flexibility index (Phi) is 9.59.